The van der Waals surface area contributed by atoms with Gasteiger partial charge in [-0.3, -0.25) is 14.6 Å². The number of hydrogen-bond donors (Lipinski definition) is 3. The number of rotatable bonds is 5. The van der Waals surface area contributed by atoms with Gasteiger partial charge in [0.1, 0.15) is 17.2 Å². The van der Waals surface area contributed by atoms with Crippen LogP contribution in [0.4, 0.5) is 34.6 Å². The number of allylic oxidation sites excluding steroid dienone is 3. The normalized spacial score (nSPS) is 16.1. The Morgan fingerprint density at radius 2 is 1.76 bits per heavy atom. The fourth-order valence-electron chi connectivity index (χ4n) is 3.84. The van der Waals surface area contributed by atoms with E-state index in [1.54, 1.807) is 24.4 Å². The van der Waals surface area contributed by atoms with Gasteiger partial charge < -0.3 is 15.6 Å². The number of aromatic amines is 1. The molecule has 172 valence electrons. The monoisotopic (exact) mass is 468 g/mol. The maximum absolute atomic E-state index is 13.6. The zero-order valence-corrected chi connectivity index (χ0v) is 17.3. The topological polar surface area (TPSA) is 86.9 Å². The number of hydrogen-bond acceptors (Lipinski definition) is 5. The van der Waals surface area contributed by atoms with E-state index < -0.39 is 28.8 Å². The van der Waals surface area contributed by atoms with Crippen LogP contribution >= 0.6 is 0 Å². The van der Waals surface area contributed by atoms with E-state index in [1.807, 2.05) is 0 Å². The molecule has 6 nitrogen and oxygen atoms in total. The number of nitrogens with zero attached hydrogens (tertiary/aromatic N) is 1. The van der Waals surface area contributed by atoms with Gasteiger partial charge in [0, 0.05) is 34.6 Å². The zero-order valence-electron chi connectivity index (χ0n) is 17.3. The lowest BCUT2D eigenvalue weighted by Crippen LogP contribution is -2.36. The minimum Gasteiger partial charge on any atom is -0.359 e. The molecule has 0 fully saturated rings. The zero-order chi connectivity index (χ0) is 24.0. The second-order valence-corrected chi connectivity index (χ2v) is 7.92. The summed E-state index contributed by atoms with van der Waals surface area (Å²) in [5.41, 5.74) is 1.29. The Morgan fingerprint density at radius 1 is 1.00 bits per heavy atom. The molecular formula is C24H16F4N4O2. The first kappa shape index (κ1) is 21.6. The first-order chi connectivity index (χ1) is 16.2. The quantitative estimate of drug-likeness (QED) is 0.279. The van der Waals surface area contributed by atoms with Gasteiger partial charge in [-0.1, -0.05) is 18.2 Å². The maximum Gasteiger partial charge on any atom is 0.395 e. The van der Waals surface area contributed by atoms with Gasteiger partial charge in [0.15, 0.2) is 0 Å². The van der Waals surface area contributed by atoms with Crippen LogP contribution in [0.3, 0.4) is 0 Å². The molecule has 2 heterocycles. The summed E-state index contributed by atoms with van der Waals surface area (Å²) in [6, 6.07) is 6.71. The molecule has 4 aromatic rings. The molecule has 0 spiro atoms. The Hall–Kier alpha value is -4.21. The number of nitrogens with one attached hydrogen (secondary N) is 3. The highest BCUT2D eigenvalue weighted by Gasteiger charge is 2.38. The first-order valence-electron chi connectivity index (χ1n) is 10.2. The van der Waals surface area contributed by atoms with E-state index in [4.69, 9.17) is 0 Å². The molecule has 0 amide bonds. The fraction of sp³-hybridized carbons (Fsp3) is 0.125. The number of alkyl halides is 3. The number of aromatic nitrogens is 2. The second kappa shape index (κ2) is 7.98. The lowest BCUT2D eigenvalue weighted by molar-refractivity contribution is -0.160. The van der Waals surface area contributed by atoms with E-state index in [2.05, 4.69) is 20.6 Å². The van der Waals surface area contributed by atoms with Crippen LogP contribution in [0, 0.1) is 11.7 Å². The van der Waals surface area contributed by atoms with Crippen molar-refractivity contribution in [2.24, 2.45) is 5.92 Å². The molecule has 0 bridgehead atoms. The predicted octanol–water partition coefficient (Wildman–Crippen LogP) is 5.14. The van der Waals surface area contributed by atoms with E-state index in [0.717, 1.165) is 17.8 Å². The van der Waals surface area contributed by atoms with Gasteiger partial charge >= 0.3 is 6.18 Å². The molecule has 5 rings (SSSR count). The third-order valence-corrected chi connectivity index (χ3v) is 5.68. The van der Waals surface area contributed by atoms with Crippen LogP contribution in [0.5, 0.6) is 0 Å². The summed E-state index contributed by atoms with van der Waals surface area (Å²) in [5, 5.41) is 6.38. The van der Waals surface area contributed by atoms with E-state index in [1.165, 1.54) is 24.4 Å². The molecule has 0 radical (unpaired) electrons. The number of anilines is 3. The largest absolute Gasteiger partial charge is 0.395 e. The van der Waals surface area contributed by atoms with Crippen LogP contribution in [0.1, 0.15) is 6.42 Å². The van der Waals surface area contributed by atoms with Crippen molar-refractivity contribution in [2.75, 3.05) is 10.6 Å². The number of benzene rings is 1. The Kier molecular flexibility index (Phi) is 5.07. The van der Waals surface area contributed by atoms with Crippen molar-refractivity contribution >= 4 is 28.0 Å². The summed E-state index contributed by atoms with van der Waals surface area (Å²) in [4.78, 5) is 31.3. The van der Waals surface area contributed by atoms with Gasteiger partial charge in [0.2, 0.25) is 0 Å². The minimum absolute atomic E-state index is 0.0102. The van der Waals surface area contributed by atoms with Gasteiger partial charge in [0.25, 0.3) is 10.9 Å². The van der Waals surface area contributed by atoms with E-state index in [0.29, 0.717) is 27.9 Å². The predicted molar refractivity (Wildman–Crippen MR) is 121 cm³/mol. The summed E-state index contributed by atoms with van der Waals surface area (Å²) in [6.45, 7) is 0. The molecule has 0 aliphatic heterocycles. The van der Waals surface area contributed by atoms with Crippen molar-refractivity contribution in [3.63, 3.8) is 0 Å². The van der Waals surface area contributed by atoms with Crippen molar-refractivity contribution < 1.29 is 17.6 Å². The summed E-state index contributed by atoms with van der Waals surface area (Å²) in [7, 11) is 0. The average molecular weight is 468 g/mol. The Labute approximate surface area is 189 Å². The molecule has 3 N–H and O–H groups in total. The highest BCUT2D eigenvalue weighted by atomic mass is 19.4. The average Bonchev–Trinajstić information content (AvgIpc) is 3.23. The number of fused-ring (bicyclic) bond motifs is 1. The molecule has 10 heteroatoms. The third kappa shape index (κ3) is 3.87. The molecule has 1 atom stereocenters. The van der Waals surface area contributed by atoms with Gasteiger partial charge in [-0.2, -0.15) is 13.2 Å². The van der Waals surface area contributed by atoms with Crippen molar-refractivity contribution in [3.05, 3.63) is 93.0 Å². The Morgan fingerprint density at radius 3 is 2.44 bits per heavy atom. The van der Waals surface area contributed by atoms with E-state index >= 15 is 0 Å². The lowest BCUT2D eigenvalue weighted by atomic mass is 9.98. The Balaban J connectivity index is 1.41. The summed E-state index contributed by atoms with van der Waals surface area (Å²) < 4.78 is 52.1. The number of pyridine rings is 1. The summed E-state index contributed by atoms with van der Waals surface area (Å²) in [6.07, 6.45) is 3.24. The van der Waals surface area contributed by atoms with Crippen molar-refractivity contribution in [3.8, 4) is 11.1 Å². The molecule has 34 heavy (non-hydrogen) atoms. The van der Waals surface area contributed by atoms with E-state index in [-0.39, 0.29) is 17.8 Å². The van der Waals surface area contributed by atoms with Crippen LogP contribution in [-0.4, -0.2) is 16.1 Å². The molecule has 2 aromatic heterocycles. The molecule has 0 saturated heterocycles. The maximum atomic E-state index is 13.6. The van der Waals surface area contributed by atoms with Gasteiger partial charge in [0.05, 0.1) is 17.8 Å². The molecular weight excluding hydrogens is 452 g/mol. The van der Waals surface area contributed by atoms with E-state index in [9.17, 15) is 27.2 Å². The summed E-state index contributed by atoms with van der Waals surface area (Å²) >= 11 is 0. The molecule has 1 unspecified atom stereocenters. The summed E-state index contributed by atoms with van der Waals surface area (Å²) in [5.74, 6) is -2.06. The molecule has 1 aliphatic rings. The van der Waals surface area contributed by atoms with Crippen LogP contribution < -0.4 is 21.5 Å². The third-order valence-electron chi connectivity index (χ3n) is 5.68. The van der Waals surface area contributed by atoms with Gasteiger partial charge in [-0.15, -0.1) is 0 Å². The number of halogens is 4. The second-order valence-electron chi connectivity index (χ2n) is 7.92. The van der Waals surface area contributed by atoms with Gasteiger partial charge in [-0.05, 0) is 36.3 Å². The van der Waals surface area contributed by atoms with Crippen LogP contribution in [0.15, 0.2) is 76.4 Å². The molecule has 1 aliphatic carbocycles. The molecule has 0 saturated carbocycles. The van der Waals surface area contributed by atoms with Crippen molar-refractivity contribution in [1.29, 1.82) is 0 Å². The van der Waals surface area contributed by atoms with Crippen LogP contribution in [-0.2, 0) is 0 Å². The van der Waals surface area contributed by atoms with Crippen molar-refractivity contribution in [1.82, 2.24) is 9.97 Å². The van der Waals surface area contributed by atoms with Crippen LogP contribution in [0.2, 0.25) is 0 Å². The van der Waals surface area contributed by atoms with Gasteiger partial charge in [-0.25, -0.2) is 4.39 Å². The number of H-pyrrole nitrogens is 1. The smallest absolute Gasteiger partial charge is 0.359 e. The standard InChI is InChI=1S/C24H16F4N4O2/c25-15-7-13(9-29-10-15)12-1-6-18-17(8-12)19(11-30-18)32-21-20(22(33)23(21)34)31-16-4-2-14(3-5-16)24(26,27)28/h1-2,4-11,14,30-32H,3H2. The highest BCUT2D eigenvalue weighted by Crippen LogP contribution is 2.35. The van der Waals surface area contributed by atoms with Crippen molar-refractivity contribution in [2.45, 2.75) is 12.6 Å². The Bertz CT molecular complexity index is 1540. The minimum atomic E-state index is -4.34. The first-order valence-corrected chi connectivity index (χ1v) is 10.2. The fourth-order valence-corrected chi connectivity index (χ4v) is 3.84. The lowest BCUT2D eigenvalue weighted by Gasteiger charge is -2.21. The SMILES string of the molecule is O=c1c(NC2=CCC(C(F)(F)F)C=C2)c(Nc2c[nH]c3ccc(-c4cncc(F)c4)cc23)c1=O. The molecule has 2 aromatic carbocycles. The van der Waals surface area contributed by atoms with Crippen LogP contribution in [0.25, 0.3) is 22.0 Å². The highest BCUT2D eigenvalue weighted by molar-refractivity contribution is 5.98.